The molecule has 4 aliphatic heterocycles. The molecule has 2 bridgehead atoms. The third kappa shape index (κ3) is 4.26. The SMILES string of the molecule is CN(C)C1CN(c2nc(N3C[C@H]4CC[C@@H](C3)NC4)c3cc(Cl)c(-c4cc(O)cc5ccccc45)c(F)c3n2)C1. The Balaban J connectivity index is 1.43. The van der Waals surface area contributed by atoms with Crippen molar-refractivity contribution in [1.29, 1.82) is 0 Å². The predicted molar refractivity (Wildman–Crippen MR) is 156 cm³/mol. The van der Waals surface area contributed by atoms with Gasteiger partial charge in [0.25, 0.3) is 0 Å². The lowest BCUT2D eigenvalue weighted by atomic mass is 9.96. The number of nitrogens with zero attached hydrogens (tertiary/aromatic N) is 5. The molecule has 5 heterocycles. The van der Waals surface area contributed by atoms with Gasteiger partial charge in [0.2, 0.25) is 5.95 Å². The first-order valence-corrected chi connectivity index (χ1v) is 14.0. The second kappa shape index (κ2) is 9.47. The van der Waals surface area contributed by atoms with E-state index in [4.69, 9.17) is 21.6 Å². The number of aromatic nitrogens is 2. The fraction of sp³-hybridized carbons (Fsp3) is 0.400. The zero-order valence-electron chi connectivity index (χ0n) is 22.2. The Bertz CT molecular complexity index is 1570. The molecule has 4 saturated heterocycles. The Morgan fingerprint density at radius 2 is 1.82 bits per heavy atom. The van der Waals surface area contributed by atoms with E-state index in [0.29, 0.717) is 34.9 Å². The summed E-state index contributed by atoms with van der Waals surface area (Å²) >= 11 is 6.88. The summed E-state index contributed by atoms with van der Waals surface area (Å²) in [6.07, 6.45) is 2.32. The lowest BCUT2D eigenvalue weighted by molar-refractivity contribution is 0.245. The number of nitrogens with one attached hydrogen (secondary N) is 1. The molecule has 0 aliphatic carbocycles. The van der Waals surface area contributed by atoms with Crippen molar-refractivity contribution >= 4 is 45.0 Å². The van der Waals surface area contributed by atoms with Crippen LogP contribution >= 0.6 is 11.6 Å². The summed E-state index contributed by atoms with van der Waals surface area (Å²) in [5.74, 6) is 1.40. The summed E-state index contributed by atoms with van der Waals surface area (Å²) in [6.45, 7) is 4.28. The Hall–Kier alpha value is -3.20. The summed E-state index contributed by atoms with van der Waals surface area (Å²) in [4.78, 5) is 16.5. The average molecular weight is 547 g/mol. The van der Waals surface area contributed by atoms with Gasteiger partial charge in [0.15, 0.2) is 5.82 Å². The summed E-state index contributed by atoms with van der Waals surface area (Å²) in [6, 6.07) is 13.5. The fourth-order valence-corrected chi connectivity index (χ4v) is 6.65. The number of halogens is 2. The number of anilines is 2. The number of likely N-dealkylation sites (N-methyl/N-ethyl adjacent to an activating group) is 1. The van der Waals surface area contributed by atoms with E-state index in [2.05, 4.69) is 34.1 Å². The molecule has 4 aliphatic rings. The van der Waals surface area contributed by atoms with Crippen LogP contribution in [0.1, 0.15) is 12.8 Å². The maximum atomic E-state index is 16.7. The molecule has 0 saturated carbocycles. The summed E-state index contributed by atoms with van der Waals surface area (Å²) in [7, 11) is 4.14. The van der Waals surface area contributed by atoms with Gasteiger partial charge >= 0.3 is 0 Å². The molecule has 39 heavy (non-hydrogen) atoms. The van der Waals surface area contributed by atoms with Crippen molar-refractivity contribution in [2.45, 2.75) is 24.9 Å². The Morgan fingerprint density at radius 1 is 1.00 bits per heavy atom. The second-order valence-corrected chi connectivity index (χ2v) is 11.9. The first-order chi connectivity index (χ1) is 18.9. The van der Waals surface area contributed by atoms with Gasteiger partial charge in [0.1, 0.15) is 17.1 Å². The van der Waals surface area contributed by atoms with Crippen LogP contribution in [-0.2, 0) is 0 Å². The van der Waals surface area contributed by atoms with E-state index in [1.54, 1.807) is 12.1 Å². The monoisotopic (exact) mass is 546 g/mol. The average Bonchev–Trinajstić information content (AvgIpc) is 3.21. The highest BCUT2D eigenvalue weighted by atomic mass is 35.5. The molecule has 9 heteroatoms. The zero-order valence-corrected chi connectivity index (χ0v) is 22.9. The van der Waals surface area contributed by atoms with E-state index >= 15 is 4.39 Å². The van der Waals surface area contributed by atoms with Crippen LogP contribution in [0.2, 0.25) is 5.02 Å². The van der Waals surface area contributed by atoms with Gasteiger partial charge in [-0.1, -0.05) is 35.9 Å². The van der Waals surface area contributed by atoms with E-state index in [1.807, 2.05) is 30.3 Å². The molecule has 0 amide bonds. The molecular weight excluding hydrogens is 515 g/mol. The van der Waals surface area contributed by atoms with Gasteiger partial charge in [0.05, 0.1) is 5.02 Å². The topological polar surface area (TPSA) is 67.8 Å². The highest BCUT2D eigenvalue weighted by Gasteiger charge is 2.34. The molecule has 4 fully saturated rings. The van der Waals surface area contributed by atoms with Crippen LogP contribution in [0.4, 0.5) is 16.2 Å². The van der Waals surface area contributed by atoms with Crippen LogP contribution in [0, 0.1) is 11.7 Å². The van der Waals surface area contributed by atoms with Crippen LogP contribution in [0.5, 0.6) is 5.75 Å². The molecule has 2 N–H and O–H groups in total. The number of piperidine rings is 1. The Kier molecular flexibility index (Phi) is 6.02. The molecule has 8 rings (SSSR count). The second-order valence-electron chi connectivity index (χ2n) is 11.5. The first kappa shape index (κ1) is 24.8. The third-order valence-corrected chi connectivity index (χ3v) is 8.98. The van der Waals surface area contributed by atoms with Gasteiger partial charge in [-0.25, -0.2) is 9.37 Å². The zero-order chi connectivity index (χ0) is 26.8. The fourth-order valence-electron chi connectivity index (χ4n) is 6.36. The molecule has 0 unspecified atom stereocenters. The lowest BCUT2D eigenvalue weighted by Crippen LogP contribution is -2.58. The minimum absolute atomic E-state index is 0.0613. The van der Waals surface area contributed by atoms with E-state index in [1.165, 1.54) is 6.42 Å². The van der Waals surface area contributed by atoms with E-state index in [9.17, 15) is 5.11 Å². The van der Waals surface area contributed by atoms with Gasteiger partial charge < -0.3 is 25.1 Å². The van der Waals surface area contributed by atoms with Crippen molar-refractivity contribution in [2.75, 3.05) is 56.6 Å². The minimum Gasteiger partial charge on any atom is -0.508 e. The number of aromatic hydroxyl groups is 1. The van der Waals surface area contributed by atoms with Gasteiger partial charge in [-0.3, -0.25) is 0 Å². The number of benzene rings is 3. The molecule has 0 spiro atoms. The number of hydrogen-bond donors (Lipinski definition) is 2. The molecule has 3 aromatic carbocycles. The largest absolute Gasteiger partial charge is 0.508 e. The number of rotatable bonds is 4. The van der Waals surface area contributed by atoms with E-state index in [-0.39, 0.29) is 21.9 Å². The van der Waals surface area contributed by atoms with Crippen LogP contribution in [0.15, 0.2) is 42.5 Å². The van der Waals surface area contributed by atoms with Crippen LogP contribution in [-0.4, -0.2) is 78.9 Å². The van der Waals surface area contributed by atoms with Gasteiger partial charge in [0, 0.05) is 49.2 Å². The Morgan fingerprint density at radius 3 is 2.59 bits per heavy atom. The van der Waals surface area contributed by atoms with Gasteiger partial charge in [-0.2, -0.15) is 4.98 Å². The molecule has 202 valence electrons. The van der Waals surface area contributed by atoms with Crippen molar-refractivity contribution < 1.29 is 9.50 Å². The molecule has 1 aromatic heterocycles. The van der Waals surface area contributed by atoms with Crippen molar-refractivity contribution in [3.63, 3.8) is 0 Å². The normalized spacial score (nSPS) is 21.7. The number of hydrogen-bond acceptors (Lipinski definition) is 7. The summed E-state index contributed by atoms with van der Waals surface area (Å²) < 4.78 is 16.7. The van der Waals surface area contributed by atoms with Crippen molar-refractivity contribution in [2.24, 2.45) is 5.92 Å². The van der Waals surface area contributed by atoms with Gasteiger partial charge in [-0.05, 0) is 73.9 Å². The summed E-state index contributed by atoms with van der Waals surface area (Å²) in [5.41, 5.74) is 1.06. The van der Waals surface area contributed by atoms with Crippen LogP contribution in [0.25, 0.3) is 32.8 Å². The predicted octanol–water partition coefficient (Wildman–Crippen LogP) is 4.89. The van der Waals surface area contributed by atoms with Crippen LogP contribution in [0.3, 0.4) is 0 Å². The van der Waals surface area contributed by atoms with Crippen molar-refractivity contribution in [1.82, 2.24) is 20.2 Å². The smallest absolute Gasteiger partial charge is 0.228 e. The van der Waals surface area contributed by atoms with Crippen LogP contribution < -0.4 is 15.1 Å². The Labute approximate surface area is 232 Å². The maximum absolute atomic E-state index is 16.7. The summed E-state index contributed by atoms with van der Waals surface area (Å²) in [5, 5.41) is 16.7. The van der Waals surface area contributed by atoms with Gasteiger partial charge in [-0.15, -0.1) is 0 Å². The van der Waals surface area contributed by atoms with Crippen molar-refractivity contribution in [3.05, 3.63) is 53.3 Å². The van der Waals surface area contributed by atoms with Crippen molar-refractivity contribution in [3.8, 4) is 16.9 Å². The first-order valence-electron chi connectivity index (χ1n) is 13.7. The van der Waals surface area contributed by atoms with E-state index < -0.39 is 5.82 Å². The highest BCUT2D eigenvalue weighted by Crippen LogP contribution is 2.43. The molecule has 7 nitrogen and oxygen atoms in total. The lowest BCUT2D eigenvalue weighted by Gasteiger charge is -2.43. The maximum Gasteiger partial charge on any atom is 0.228 e. The molecular formula is C30H32ClFN6O. The minimum atomic E-state index is -0.487. The molecule has 2 atom stereocenters. The number of fused-ring (bicyclic) bond motifs is 6. The number of phenols is 1. The molecule has 4 aromatic rings. The number of phenolic OH excluding ortho intramolecular Hbond substituents is 1. The van der Waals surface area contributed by atoms with E-state index in [0.717, 1.165) is 55.7 Å². The highest BCUT2D eigenvalue weighted by molar-refractivity contribution is 6.35. The quantitative estimate of drug-likeness (QED) is 0.378. The third-order valence-electron chi connectivity index (χ3n) is 8.68. The molecule has 0 radical (unpaired) electrons. The standard InChI is InChI=1S/C30H32ClFN6O/c1-36(2)20-15-38(16-20)30-34-28-24(29(35-30)37-13-17-7-8-19(14-37)33-12-17)11-25(31)26(27(28)32)23-10-21(39)9-18-5-3-4-6-22(18)23/h3-6,9-11,17,19-20,33,39H,7-8,12-16H2,1-2H3/t17-,19-/m0/s1.